The number of para-hydroxylation sites is 2. The second-order valence-electron chi connectivity index (χ2n) is 13.3. The van der Waals surface area contributed by atoms with Crippen molar-refractivity contribution in [3.8, 4) is 33.7 Å². The van der Waals surface area contributed by atoms with Gasteiger partial charge in [-0.15, -0.1) is 0 Å². The Labute approximate surface area is 306 Å². The minimum Gasteiger partial charge on any atom is -0.438 e. The van der Waals surface area contributed by atoms with Gasteiger partial charge in [0, 0.05) is 34.5 Å². The summed E-state index contributed by atoms with van der Waals surface area (Å²) < 4.78 is 11.8. The fraction of sp³-hybridized carbons (Fsp3) is 0.0455. The van der Waals surface area contributed by atoms with Crippen LogP contribution in [0.2, 0.25) is 0 Å². The molecule has 10 rings (SSSR count). The van der Waals surface area contributed by atoms with Crippen molar-refractivity contribution in [2.75, 3.05) is 0 Å². The largest absolute Gasteiger partial charge is 0.438 e. The number of fused-ring (bicyclic) bond motifs is 4. The summed E-state index contributed by atoms with van der Waals surface area (Å²) in [6, 6.07) is 39.7. The van der Waals surface area contributed by atoms with Gasteiger partial charge in [-0.3, -0.25) is 14.0 Å². The number of nitrogens with zero attached hydrogens (tertiary/aromatic N) is 7. The molecule has 0 amide bonds. The van der Waals surface area contributed by atoms with Crippen molar-refractivity contribution < 1.29 is 4.42 Å². The predicted molar refractivity (Wildman–Crippen MR) is 209 cm³/mol. The van der Waals surface area contributed by atoms with Gasteiger partial charge in [0.15, 0.2) is 0 Å². The Hall–Kier alpha value is -7.46. The maximum Gasteiger partial charge on any atom is 0.269 e. The molecule has 0 aliphatic rings. The van der Waals surface area contributed by atoms with Gasteiger partial charge in [-0.05, 0) is 83.4 Å². The number of furan rings is 1. The van der Waals surface area contributed by atoms with Gasteiger partial charge in [0.05, 0.1) is 59.4 Å². The summed E-state index contributed by atoms with van der Waals surface area (Å²) in [6.45, 7) is 0.802. The smallest absolute Gasteiger partial charge is 0.269 e. The lowest BCUT2D eigenvalue weighted by molar-refractivity contribution is 0.618. The van der Waals surface area contributed by atoms with Crippen LogP contribution in [-0.4, -0.2) is 33.5 Å². The maximum absolute atomic E-state index is 13.2. The van der Waals surface area contributed by atoms with Crippen LogP contribution in [0.3, 0.4) is 0 Å². The lowest BCUT2D eigenvalue weighted by Gasteiger charge is -2.11. The molecule has 10 aromatic rings. The summed E-state index contributed by atoms with van der Waals surface area (Å²) in [7, 11) is 0. The molecule has 0 bridgehead atoms. The molecule has 6 aromatic heterocycles. The van der Waals surface area contributed by atoms with E-state index in [1.807, 2.05) is 109 Å². The second kappa shape index (κ2) is 12.6. The standard InChI is InChI=1S/C44H29N7O3/c52-42-24-45-35-11-1-2-12-37(35)50(42)26-28-7-5-9-30(17-28)34-19-33-21-40(54-44(33)48-22-34)32-14-15-38-36(20-32)46-25-43(53)51(38)27-29-8-6-10-31(18-29)39-23-47-41-13-3-4-16-49(39)41/h1-25H,26-27H2. The minimum atomic E-state index is -0.179. The molecule has 0 spiro atoms. The Morgan fingerprint density at radius 3 is 2.07 bits per heavy atom. The van der Waals surface area contributed by atoms with Gasteiger partial charge in [0.25, 0.3) is 11.1 Å². The summed E-state index contributed by atoms with van der Waals surface area (Å²) in [6.07, 6.45) is 8.40. The van der Waals surface area contributed by atoms with Crippen LogP contribution in [0, 0.1) is 0 Å². The number of benzene rings is 4. The predicted octanol–water partition coefficient (Wildman–Crippen LogP) is 7.99. The van der Waals surface area contributed by atoms with Gasteiger partial charge in [-0.1, -0.05) is 54.6 Å². The average molecular weight is 704 g/mol. The van der Waals surface area contributed by atoms with E-state index in [1.54, 1.807) is 15.3 Å². The Morgan fingerprint density at radius 2 is 1.24 bits per heavy atom. The molecule has 0 saturated heterocycles. The second-order valence-corrected chi connectivity index (χ2v) is 13.3. The Kier molecular flexibility index (Phi) is 7.32. The number of hydrogen-bond acceptors (Lipinski definition) is 7. The van der Waals surface area contributed by atoms with Crippen molar-refractivity contribution in [3.05, 3.63) is 184 Å². The van der Waals surface area contributed by atoms with Crippen LogP contribution in [0.4, 0.5) is 0 Å². The van der Waals surface area contributed by atoms with Crippen molar-refractivity contribution in [1.29, 1.82) is 0 Å². The molecule has 10 nitrogen and oxygen atoms in total. The first kappa shape index (κ1) is 31.3. The molecule has 0 fully saturated rings. The van der Waals surface area contributed by atoms with Gasteiger partial charge >= 0.3 is 0 Å². The molecule has 0 saturated carbocycles. The molecule has 4 aromatic carbocycles. The third-order valence-corrected chi connectivity index (χ3v) is 9.84. The molecule has 258 valence electrons. The summed E-state index contributed by atoms with van der Waals surface area (Å²) in [5, 5.41) is 0.855. The SMILES string of the molecule is O=c1cnc2ccccc2n1Cc1cccc(-c2cnc3oc(-c4ccc5c(c4)ncc(=O)n5Cc4cccc(-c5cnc6ccccn56)c4)cc3c2)c1. The van der Waals surface area contributed by atoms with Crippen LogP contribution in [0.25, 0.3) is 72.5 Å². The zero-order chi connectivity index (χ0) is 36.2. The molecular weight excluding hydrogens is 675 g/mol. The third kappa shape index (κ3) is 5.53. The van der Waals surface area contributed by atoms with Crippen molar-refractivity contribution in [1.82, 2.24) is 33.5 Å². The topological polar surface area (TPSA) is 113 Å². The van der Waals surface area contributed by atoms with Crippen molar-refractivity contribution in [2.24, 2.45) is 0 Å². The molecule has 0 aliphatic carbocycles. The number of aromatic nitrogens is 7. The van der Waals surface area contributed by atoms with Gasteiger partial charge in [0.2, 0.25) is 5.71 Å². The molecule has 0 N–H and O–H groups in total. The molecule has 0 atom stereocenters. The van der Waals surface area contributed by atoms with Crippen molar-refractivity contribution in [2.45, 2.75) is 13.1 Å². The molecule has 0 aliphatic heterocycles. The van der Waals surface area contributed by atoms with Crippen LogP contribution in [0.15, 0.2) is 166 Å². The van der Waals surface area contributed by atoms with E-state index in [-0.39, 0.29) is 11.1 Å². The minimum absolute atomic E-state index is 0.148. The van der Waals surface area contributed by atoms with E-state index in [4.69, 9.17) is 4.42 Å². The summed E-state index contributed by atoms with van der Waals surface area (Å²) in [5.74, 6) is 0.648. The molecule has 54 heavy (non-hydrogen) atoms. The van der Waals surface area contributed by atoms with E-state index in [0.29, 0.717) is 30.1 Å². The first-order chi connectivity index (χ1) is 26.5. The first-order valence-corrected chi connectivity index (χ1v) is 17.5. The number of imidazole rings is 1. The van der Waals surface area contributed by atoms with Gasteiger partial charge in [-0.2, -0.15) is 0 Å². The van der Waals surface area contributed by atoms with Crippen LogP contribution in [0.1, 0.15) is 11.1 Å². The lowest BCUT2D eigenvalue weighted by atomic mass is 10.0. The Balaban J connectivity index is 0.937. The van der Waals surface area contributed by atoms with E-state index >= 15 is 0 Å². The zero-order valence-corrected chi connectivity index (χ0v) is 28.7. The van der Waals surface area contributed by atoms with Crippen LogP contribution in [-0.2, 0) is 13.1 Å². The van der Waals surface area contributed by atoms with Crippen LogP contribution in [0.5, 0.6) is 0 Å². The van der Waals surface area contributed by atoms with E-state index < -0.39 is 0 Å². The fourth-order valence-electron chi connectivity index (χ4n) is 7.18. The van der Waals surface area contributed by atoms with Crippen molar-refractivity contribution >= 4 is 38.8 Å². The molecule has 0 unspecified atom stereocenters. The zero-order valence-electron chi connectivity index (χ0n) is 28.7. The Bertz CT molecular complexity index is 3190. The highest BCUT2D eigenvalue weighted by molar-refractivity contribution is 5.87. The molecule has 10 heteroatoms. The monoisotopic (exact) mass is 703 g/mol. The quantitative estimate of drug-likeness (QED) is 0.165. The molecular formula is C44H29N7O3. The van der Waals surface area contributed by atoms with E-state index in [1.165, 1.54) is 12.4 Å². The van der Waals surface area contributed by atoms with Crippen molar-refractivity contribution in [3.63, 3.8) is 0 Å². The summed E-state index contributed by atoms with van der Waals surface area (Å²) in [4.78, 5) is 43.9. The lowest BCUT2D eigenvalue weighted by Crippen LogP contribution is -2.21. The summed E-state index contributed by atoms with van der Waals surface area (Å²) >= 11 is 0. The average Bonchev–Trinajstić information content (AvgIpc) is 3.85. The van der Waals surface area contributed by atoms with Gasteiger partial charge in [0.1, 0.15) is 11.4 Å². The number of hydrogen-bond donors (Lipinski definition) is 0. The highest BCUT2D eigenvalue weighted by Gasteiger charge is 2.14. The summed E-state index contributed by atoms with van der Waals surface area (Å²) in [5.41, 5.74) is 10.8. The van der Waals surface area contributed by atoms with Crippen LogP contribution < -0.4 is 11.1 Å². The van der Waals surface area contributed by atoms with E-state index in [9.17, 15) is 9.59 Å². The third-order valence-electron chi connectivity index (χ3n) is 9.84. The first-order valence-electron chi connectivity index (χ1n) is 17.5. The number of rotatable bonds is 7. The maximum atomic E-state index is 13.2. The van der Waals surface area contributed by atoms with E-state index in [0.717, 1.165) is 66.7 Å². The highest BCUT2D eigenvalue weighted by Crippen LogP contribution is 2.32. The van der Waals surface area contributed by atoms with Gasteiger partial charge < -0.3 is 13.6 Å². The fourth-order valence-corrected chi connectivity index (χ4v) is 7.18. The van der Waals surface area contributed by atoms with Gasteiger partial charge in [-0.25, -0.2) is 19.9 Å². The highest BCUT2D eigenvalue weighted by atomic mass is 16.3. The van der Waals surface area contributed by atoms with Crippen LogP contribution >= 0.6 is 0 Å². The number of pyridine rings is 2. The molecule has 0 radical (unpaired) electrons. The Morgan fingerprint density at radius 1 is 0.519 bits per heavy atom. The molecule has 6 heterocycles. The normalized spacial score (nSPS) is 11.6. The van der Waals surface area contributed by atoms with E-state index in [2.05, 4.69) is 48.6 Å².